The maximum absolute atomic E-state index is 3.29. The molecule has 1 unspecified atom stereocenters. The molecule has 0 aromatic heterocycles. The second-order valence-corrected chi connectivity index (χ2v) is 15.3. The van der Waals surface area contributed by atoms with Crippen LogP contribution in [0.25, 0.3) is 32.7 Å². The average molecular weight is 642 g/mol. The van der Waals surface area contributed by atoms with Crippen molar-refractivity contribution in [3.63, 3.8) is 0 Å². The molecule has 0 bridgehead atoms. The van der Waals surface area contributed by atoms with Crippen molar-refractivity contribution in [2.45, 2.75) is 86.5 Å². The Morgan fingerprint density at radius 2 is 1.26 bits per heavy atom. The fraction of sp³-hybridized carbons (Fsp3) is 0.333. The Balaban J connectivity index is 0.000000168. The predicted molar refractivity (Wildman–Crippen MR) is 187 cm³/mol. The van der Waals surface area contributed by atoms with E-state index in [0.717, 1.165) is 0 Å². The van der Waals surface area contributed by atoms with Crippen molar-refractivity contribution in [3.8, 4) is 0 Å². The summed E-state index contributed by atoms with van der Waals surface area (Å²) in [6.45, 7) is 22.4. The van der Waals surface area contributed by atoms with E-state index < -0.39 is 0 Å². The molecule has 0 spiro atoms. The summed E-state index contributed by atoms with van der Waals surface area (Å²) >= 11 is 1.54. The van der Waals surface area contributed by atoms with E-state index in [9.17, 15) is 0 Å². The number of rotatable bonds is 2. The quantitative estimate of drug-likeness (QED) is 0.191. The van der Waals surface area contributed by atoms with Crippen molar-refractivity contribution in [1.29, 1.82) is 0 Å². The van der Waals surface area contributed by atoms with E-state index in [1.807, 2.05) is 0 Å². The van der Waals surface area contributed by atoms with Gasteiger partial charge in [0, 0.05) is 10.8 Å². The van der Waals surface area contributed by atoms with Gasteiger partial charge in [-0.25, -0.2) is 11.1 Å². The molecule has 0 aliphatic heterocycles. The third kappa shape index (κ3) is 6.26. The molecule has 0 heterocycles. The molecule has 43 heavy (non-hydrogen) atoms. The molecule has 4 aromatic rings. The molecule has 7 rings (SSSR count). The van der Waals surface area contributed by atoms with Gasteiger partial charge < -0.3 is 0 Å². The van der Waals surface area contributed by atoms with Crippen LogP contribution in [-0.2, 0) is 35.1 Å². The fourth-order valence-corrected chi connectivity index (χ4v) is 7.47. The molecule has 4 aromatic carbocycles. The van der Waals surface area contributed by atoms with Crippen molar-refractivity contribution in [2.75, 3.05) is 0 Å². The van der Waals surface area contributed by atoms with Gasteiger partial charge in [-0.2, -0.15) is 6.08 Å². The second-order valence-electron chi connectivity index (χ2n) is 13.8. The molecular weight excluding hydrogens is 596 g/mol. The van der Waals surface area contributed by atoms with Gasteiger partial charge in [0.15, 0.2) is 0 Å². The molecule has 0 amide bonds. The van der Waals surface area contributed by atoms with E-state index in [0.29, 0.717) is 5.92 Å². The van der Waals surface area contributed by atoms with Gasteiger partial charge in [0.1, 0.15) is 0 Å². The molecule has 218 valence electrons. The first-order valence-corrected chi connectivity index (χ1v) is 17.0. The van der Waals surface area contributed by atoms with Crippen LogP contribution in [0.3, 0.4) is 0 Å². The standard InChI is InChI=1S/C25H25.C9H10.C8H11.Zr/c1-14-12-24(3,4)22-8-16-7-17-9-23-19(15(2)13-25(23,5)6)11-21(17)20(16)10-18(14)22;1-2-6-9-7-4-3-5-8-9;1-6-4-7(2)8(3)5-6;/h7-13H,1-6H3;3-5,7-8H,2H2,1H3;4,6H,1-3H3;/q-1;;-1;+2. The number of hydrogen-bond acceptors (Lipinski definition) is 0. The summed E-state index contributed by atoms with van der Waals surface area (Å²) in [7, 11) is 0. The molecule has 3 aliphatic carbocycles. The van der Waals surface area contributed by atoms with Crippen molar-refractivity contribution < 1.29 is 24.2 Å². The van der Waals surface area contributed by atoms with Gasteiger partial charge in [-0.15, -0.1) is 46.7 Å². The minimum absolute atomic E-state index is 0.139. The molecule has 1 heteroatoms. The number of fused-ring (bicyclic) bond motifs is 5. The topological polar surface area (TPSA) is 0 Å². The number of hydrogen-bond donors (Lipinski definition) is 0. The van der Waals surface area contributed by atoms with E-state index in [-0.39, 0.29) is 10.8 Å². The first-order chi connectivity index (χ1) is 20.2. The fourth-order valence-electron chi connectivity index (χ4n) is 7.06. The molecule has 0 fully saturated rings. The summed E-state index contributed by atoms with van der Waals surface area (Å²) in [6.07, 6.45) is 11.5. The summed E-state index contributed by atoms with van der Waals surface area (Å²) < 4.78 is 1.55. The van der Waals surface area contributed by atoms with Crippen LogP contribution in [-0.4, -0.2) is 3.21 Å². The van der Waals surface area contributed by atoms with Crippen LogP contribution in [0.4, 0.5) is 0 Å². The van der Waals surface area contributed by atoms with Gasteiger partial charge in [-0.05, 0) is 36.1 Å². The van der Waals surface area contributed by atoms with Crippen molar-refractivity contribution in [2.24, 2.45) is 5.92 Å². The molecule has 0 nitrogen and oxygen atoms in total. The van der Waals surface area contributed by atoms with Gasteiger partial charge in [-0.1, -0.05) is 82.9 Å². The summed E-state index contributed by atoms with van der Waals surface area (Å²) in [5.41, 5.74) is 13.0. The van der Waals surface area contributed by atoms with Crippen LogP contribution in [0.5, 0.6) is 0 Å². The number of benzene rings is 3. The normalized spacial score (nSPS) is 18.9. The van der Waals surface area contributed by atoms with Crippen LogP contribution in [0.15, 0.2) is 90.0 Å². The van der Waals surface area contributed by atoms with Gasteiger partial charge in [0.05, 0.1) is 0 Å². The van der Waals surface area contributed by atoms with E-state index in [2.05, 4.69) is 154 Å². The second kappa shape index (κ2) is 12.0. The Hall–Kier alpha value is -2.76. The number of allylic oxidation sites excluding steroid dienone is 8. The maximum atomic E-state index is 3.29. The Morgan fingerprint density at radius 3 is 1.63 bits per heavy atom. The molecule has 0 saturated carbocycles. The molecule has 3 aliphatic rings. The Kier molecular flexibility index (Phi) is 8.81. The zero-order valence-corrected chi connectivity index (χ0v) is 30.2. The first kappa shape index (κ1) is 31.7. The Bertz CT molecular complexity index is 1740. The van der Waals surface area contributed by atoms with Crippen LogP contribution < -0.4 is 0 Å². The predicted octanol–water partition coefficient (Wildman–Crippen LogP) is 11.6. The molecule has 1 atom stereocenters. The van der Waals surface area contributed by atoms with Gasteiger partial charge in [0.25, 0.3) is 0 Å². The molecule has 0 N–H and O–H groups in total. The van der Waals surface area contributed by atoms with Crippen molar-refractivity contribution in [3.05, 3.63) is 124 Å². The molecular formula is C42H46Zr. The minimum atomic E-state index is 0.139. The zero-order valence-electron chi connectivity index (χ0n) is 27.8. The molecule has 0 saturated heterocycles. The van der Waals surface area contributed by atoms with E-state index in [1.165, 1.54) is 102 Å². The van der Waals surface area contributed by atoms with E-state index in [1.54, 1.807) is 3.21 Å². The summed E-state index contributed by atoms with van der Waals surface area (Å²) in [5.74, 6) is 0.551. The van der Waals surface area contributed by atoms with Crippen molar-refractivity contribution in [1.82, 2.24) is 0 Å². The third-order valence-corrected chi connectivity index (χ3v) is 11.0. The van der Waals surface area contributed by atoms with Gasteiger partial charge >= 0.3 is 76.7 Å². The third-order valence-electron chi connectivity index (χ3n) is 9.38. The van der Waals surface area contributed by atoms with Crippen LogP contribution in [0.1, 0.15) is 103 Å². The molecule has 0 radical (unpaired) electrons. The van der Waals surface area contributed by atoms with Gasteiger partial charge in [-0.3, -0.25) is 6.08 Å². The SMILES string of the molecule is CC1=CC(C)(C)c2cc3[cH-]c4cc5c(cc4c3cc21)C(C)=CC5(C)C.CC1=[C-]C(C)C=C1C.CC[C](=[Zr+2])c1ccccc1. The zero-order chi connectivity index (χ0) is 31.3. The van der Waals surface area contributed by atoms with E-state index >= 15 is 0 Å². The Labute approximate surface area is 275 Å². The summed E-state index contributed by atoms with van der Waals surface area (Å²) in [4.78, 5) is 0. The van der Waals surface area contributed by atoms with Gasteiger partial charge in [0.2, 0.25) is 0 Å². The van der Waals surface area contributed by atoms with E-state index in [4.69, 9.17) is 0 Å². The summed E-state index contributed by atoms with van der Waals surface area (Å²) in [5, 5.41) is 5.57. The first-order valence-electron chi connectivity index (χ1n) is 15.8. The van der Waals surface area contributed by atoms with Crippen molar-refractivity contribution >= 4 is 35.9 Å². The van der Waals surface area contributed by atoms with Crippen LogP contribution in [0, 0.1) is 12.0 Å². The monoisotopic (exact) mass is 640 g/mol. The Morgan fingerprint density at radius 1 is 0.767 bits per heavy atom. The van der Waals surface area contributed by atoms with Crippen LogP contribution in [0.2, 0.25) is 0 Å². The van der Waals surface area contributed by atoms with Crippen LogP contribution >= 0.6 is 0 Å². The average Bonchev–Trinajstić information content (AvgIpc) is 3.61. The summed E-state index contributed by atoms with van der Waals surface area (Å²) in [6, 6.07) is 22.7.